The van der Waals surface area contributed by atoms with Gasteiger partial charge in [-0.05, 0) is 109 Å². The van der Waals surface area contributed by atoms with Crippen molar-refractivity contribution in [1.29, 1.82) is 0 Å². The molecule has 0 fully saturated rings. The molecule has 0 bridgehead atoms. The van der Waals surface area contributed by atoms with Gasteiger partial charge in [0.25, 0.3) is 0 Å². The van der Waals surface area contributed by atoms with E-state index in [0.29, 0.717) is 19.3 Å². The SMILES string of the molecule is CC/C=C\C/C=C\C/C=C\CCCCCCCC(=O)OCC(COC(=O)CCCCC/C=C\C/C=C\C/C=C\CC)OC(=O)CCCCCCC/C=C\CCCCCCCC. The lowest BCUT2D eigenvalue weighted by Crippen LogP contribution is -2.30. The topological polar surface area (TPSA) is 78.9 Å². The maximum Gasteiger partial charge on any atom is 0.306 e. The summed E-state index contributed by atoms with van der Waals surface area (Å²) < 4.78 is 16.7. The lowest BCUT2D eigenvalue weighted by molar-refractivity contribution is -0.167. The van der Waals surface area contributed by atoms with Gasteiger partial charge in [0.2, 0.25) is 0 Å². The number of allylic oxidation sites excluding steroid dienone is 14. The number of carbonyl (C=O) groups excluding carboxylic acids is 3. The Kier molecular flexibility index (Phi) is 46.5. The number of rotatable bonds is 44. The van der Waals surface area contributed by atoms with Gasteiger partial charge in [-0.2, -0.15) is 0 Å². The highest BCUT2D eigenvalue weighted by molar-refractivity contribution is 5.71. The summed E-state index contributed by atoms with van der Waals surface area (Å²) >= 11 is 0. The average molecular weight is 849 g/mol. The fraction of sp³-hybridized carbons (Fsp3) is 0.691. The van der Waals surface area contributed by atoms with Crippen LogP contribution in [0.15, 0.2) is 85.1 Å². The molecule has 61 heavy (non-hydrogen) atoms. The molecule has 0 aromatic rings. The van der Waals surface area contributed by atoms with Crippen molar-refractivity contribution < 1.29 is 28.6 Å². The molecular formula is C55H92O6. The Morgan fingerprint density at radius 3 is 1.03 bits per heavy atom. The number of hydrogen-bond donors (Lipinski definition) is 0. The summed E-state index contributed by atoms with van der Waals surface area (Å²) in [5.41, 5.74) is 0. The molecule has 0 spiro atoms. The van der Waals surface area contributed by atoms with Crippen LogP contribution >= 0.6 is 0 Å². The van der Waals surface area contributed by atoms with E-state index in [0.717, 1.165) is 135 Å². The number of unbranched alkanes of at least 4 members (excludes halogenated alkanes) is 19. The van der Waals surface area contributed by atoms with Gasteiger partial charge in [-0.25, -0.2) is 0 Å². The minimum absolute atomic E-state index is 0.0991. The maximum absolute atomic E-state index is 12.8. The zero-order valence-electron chi connectivity index (χ0n) is 39.7. The van der Waals surface area contributed by atoms with Crippen molar-refractivity contribution in [2.24, 2.45) is 0 Å². The Morgan fingerprint density at radius 1 is 0.344 bits per heavy atom. The van der Waals surface area contributed by atoms with Gasteiger partial charge in [0, 0.05) is 19.3 Å². The lowest BCUT2D eigenvalue weighted by Gasteiger charge is -2.18. The Balaban J connectivity index is 4.47. The fourth-order valence-electron chi connectivity index (χ4n) is 6.64. The van der Waals surface area contributed by atoms with Gasteiger partial charge in [0.05, 0.1) is 0 Å². The summed E-state index contributed by atoms with van der Waals surface area (Å²) in [6, 6.07) is 0. The summed E-state index contributed by atoms with van der Waals surface area (Å²) in [5.74, 6) is -0.956. The quantitative estimate of drug-likeness (QED) is 0.0263. The van der Waals surface area contributed by atoms with Crippen LogP contribution in [0.3, 0.4) is 0 Å². The van der Waals surface area contributed by atoms with Crippen molar-refractivity contribution in [3.63, 3.8) is 0 Å². The second-order valence-corrected chi connectivity index (χ2v) is 16.3. The van der Waals surface area contributed by atoms with Gasteiger partial charge < -0.3 is 14.2 Å². The van der Waals surface area contributed by atoms with Crippen molar-refractivity contribution >= 4 is 17.9 Å². The molecule has 6 heteroatoms. The summed E-state index contributed by atoms with van der Waals surface area (Å²) in [7, 11) is 0. The van der Waals surface area contributed by atoms with Crippen LogP contribution in [0.2, 0.25) is 0 Å². The Bertz CT molecular complexity index is 1200. The van der Waals surface area contributed by atoms with Crippen LogP contribution in [0.5, 0.6) is 0 Å². The minimum atomic E-state index is -0.799. The van der Waals surface area contributed by atoms with Crippen molar-refractivity contribution in [3.05, 3.63) is 85.1 Å². The molecule has 0 amide bonds. The fourth-order valence-corrected chi connectivity index (χ4v) is 6.64. The van der Waals surface area contributed by atoms with Crippen LogP contribution < -0.4 is 0 Å². The largest absolute Gasteiger partial charge is 0.462 e. The second-order valence-electron chi connectivity index (χ2n) is 16.3. The molecule has 0 radical (unpaired) electrons. The molecule has 0 aromatic heterocycles. The molecule has 0 heterocycles. The highest BCUT2D eigenvalue weighted by Gasteiger charge is 2.19. The number of hydrogen-bond acceptors (Lipinski definition) is 6. The third kappa shape index (κ3) is 47.5. The minimum Gasteiger partial charge on any atom is -0.462 e. The van der Waals surface area contributed by atoms with E-state index in [9.17, 15) is 14.4 Å². The van der Waals surface area contributed by atoms with E-state index in [2.05, 4.69) is 106 Å². The highest BCUT2D eigenvalue weighted by Crippen LogP contribution is 2.13. The molecule has 348 valence electrons. The van der Waals surface area contributed by atoms with E-state index in [1.165, 1.54) is 51.4 Å². The Morgan fingerprint density at radius 2 is 0.639 bits per heavy atom. The van der Waals surface area contributed by atoms with Crippen LogP contribution in [0.1, 0.15) is 226 Å². The predicted octanol–water partition coefficient (Wildman–Crippen LogP) is 16.4. The third-order valence-electron chi connectivity index (χ3n) is 10.4. The first-order valence-corrected chi connectivity index (χ1v) is 25.1. The van der Waals surface area contributed by atoms with Crippen molar-refractivity contribution in [1.82, 2.24) is 0 Å². The van der Waals surface area contributed by atoms with Crippen LogP contribution in [0.4, 0.5) is 0 Å². The van der Waals surface area contributed by atoms with Crippen LogP contribution in [0, 0.1) is 0 Å². The Hall–Kier alpha value is -3.41. The summed E-state index contributed by atoms with van der Waals surface area (Å²) in [4.78, 5) is 37.9. The smallest absolute Gasteiger partial charge is 0.306 e. The second kappa shape index (κ2) is 49.2. The maximum atomic E-state index is 12.8. The summed E-state index contributed by atoms with van der Waals surface area (Å²) in [6.45, 7) is 6.35. The van der Waals surface area contributed by atoms with Crippen molar-refractivity contribution in [2.75, 3.05) is 13.2 Å². The van der Waals surface area contributed by atoms with Gasteiger partial charge in [-0.3, -0.25) is 14.4 Å². The third-order valence-corrected chi connectivity index (χ3v) is 10.4. The molecule has 0 aromatic carbocycles. The molecule has 1 unspecified atom stereocenters. The zero-order chi connectivity index (χ0) is 44.4. The molecule has 0 N–H and O–H groups in total. The molecule has 0 aliphatic heterocycles. The van der Waals surface area contributed by atoms with Crippen molar-refractivity contribution in [3.8, 4) is 0 Å². The first kappa shape index (κ1) is 57.6. The Labute approximate surface area is 375 Å². The standard InChI is InChI=1S/C55H92O6/c1-4-7-10-13-16-19-22-25-27-30-33-36-39-42-45-48-54(57)60-51-52(50-59-53(56)47-44-41-38-35-32-29-24-21-18-15-12-9-6-3)61-55(58)49-46-43-40-37-34-31-28-26-23-20-17-14-11-8-5-2/h7,9-10,12,16,18-19,21,25-29,32,52H,4-6,8,11,13-15,17,20,22-24,30-31,33-51H2,1-3H3/b10-7-,12-9-,19-16-,21-18-,27-25-,28-26-,32-29-. The van der Waals surface area contributed by atoms with Gasteiger partial charge in [-0.15, -0.1) is 0 Å². The highest BCUT2D eigenvalue weighted by atomic mass is 16.6. The van der Waals surface area contributed by atoms with Crippen LogP contribution in [-0.4, -0.2) is 37.2 Å². The van der Waals surface area contributed by atoms with Crippen molar-refractivity contribution in [2.45, 2.75) is 232 Å². The molecule has 0 saturated carbocycles. The van der Waals surface area contributed by atoms with E-state index < -0.39 is 6.10 Å². The van der Waals surface area contributed by atoms with Gasteiger partial charge in [0.15, 0.2) is 6.10 Å². The monoisotopic (exact) mass is 849 g/mol. The van der Waals surface area contributed by atoms with Gasteiger partial charge in [-0.1, -0.05) is 183 Å². The normalized spacial score (nSPS) is 12.8. The molecular weight excluding hydrogens is 757 g/mol. The van der Waals surface area contributed by atoms with Gasteiger partial charge in [0.1, 0.15) is 13.2 Å². The van der Waals surface area contributed by atoms with E-state index in [1.54, 1.807) is 0 Å². The first-order valence-electron chi connectivity index (χ1n) is 25.1. The summed E-state index contributed by atoms with van der Waals surface area (Å²) in [5, 5.41) is 0. The zero-order valence-corrected chi connectivity index (χ0v) is 39.7. The predicted molar refractivity (Wildman–Crippen MR) is 261 cm³/mol. The molecule has 0 rings (SSSR count). The molecule has 0 aliphatic carbocycles. The van der Waals surface area contributed by atoms with Crippen LogP contribution in [0.25, 0.3) is 0 Å². The number of esters is 3. The number of carbonyl (C=O) groups is 3. The molecule has 0 saturated heterocycles. The molecule has 0 aliphatic rings. The van der Waals surface area contributed by atoms with E-state index in [-0.39, 0.29) is 31.1 Å². The average Bonchev–Trinajstić information content (AvgIpc) is 3.26. The van der Waals surface area contributed by atoms with E-state index in [1.807, 2.05) is 0 Å². The summed E-state index contributed by atoms with van der Waals surface area (Å²) in [6.07, 6.45) is 62.8. The molecule has 1 atom stereocenters. The first-order chi connectivity index (χ1) is 30.0. The van der Waals surface area contributed by atoms with E-state index >= 15 is 0 Å². The lowest BCUT2D eigenvalue weighted by atomic mass is 10.1. The van der Waals surface area contributed by atoms with E-state index in [4.69, 9.17) is 14.2 Å². The number of ether oxygens (including phenoxy) is 3. The van der Waals surface area contributed by atoms with Crippen LogP contribution in [-0.2, 0) is 28.6 Å². The molecule has 6 nitrogen and oxygen atoms in total. The van der Waals surface area contributed by atoms with Gasteiger partial charge >= 0.3 is 17.9 Å².